The van der Waals surface area contributed by atoms with Gasteiger partial charge >= 0.3 is 0 Å². The van der Waals surface area contributed by atoms with Gasteiger partial charge in [0, 0.05) is 36.8 Å². The number of rotatable bonds is 3. The average molecular weight is 340 g/mol. The van der Waals surface area contributed by atoms with Gasteiger partial charge in [-0.05, 0) is 39.3 Å². The van der Waals surface area contributed by atoms with Crippen molar-refractivity contribution in [3.8, 4) is 5.82 Å². The van der Waals surface area contributed by atoms with Crippen LogP contribution in [0.1, 0.15) is 33.1 Å². The Bertz CT molecular complexity index is 1020. The molecule has 0 spiro atoms. The molecule has 0 atom stereocenters. The molecule has 7 nitrogen and oxygen atoms in total. The molecule has 0 aromatic carbocycles. The minimum Gasteiger partial charge on any atom is -0.360 e. The molecule has 0 bridgehead atoms. The molecule has 3 rings (SSSR count). The molecule has 7 heteroatoms. The number of pyridine rings is 1. The van der Waals surface area contributed by atoms with E-state index in [0.29, 0.717) is 22.8 Å². The van der Waals surface area contributed by atoms with Gasteiger partial charge in [0.05, 0.1) is 11.3 Å². The van der Waals surface area contributed by atoms with Gasteiger partial charge in [-0.15, -0.1) is 0 Å². The molecule has 0 aliphatic carbocycles. The van der Waals surface area contributed by atoms with Gasteiger partial charge in [-0.25, -0.2) is 0 Å². The van der Waals surface area contributed by atoms with Crippen molar-refractivity contribution in [1.82, 2.24) is 14.3 Å². The van der Waals surface area contributed by atoms with E-state index in [-0.39, 0.29) is 11.5 Å². The van der Waals surface area contributed by atoms with Gasteiger partial charge in [0.2, 0.25) is 0 Å². The zero-order valence-electron chi connectivity index (χ0n) is 14.9. The summed E-state index contributed by atoms with van der Waals surface area (Å²) in [6.45, 7) is 7.38. The molecule has 3 heterocycles. The van der Waals surface area contributed by atoms with Crippen molar-refractivity contribution in [2.75, 3.05) is 5.32 Å². The van der Waals surface area contributed by atoms with Gasteiger partial charge in [0.25, 0.3) is 11.5 Å². The van der Waals surface area contributed by atoms with Crippen LogP contribution in [0.15, 0.2) is 33.7 Å². The molecule has 0 fully saturated rings. The van der Waals surface area contributed by atoms with Gasteiger partial charge < -0.3 is 14.4 Å². The highest BCUT2D eigenvalue weighted by Gasteiger charge is 2.19. The topological polar surface area (TPSA) is 82.1 Å². The summed E-state index contributed by atoms with van der Waals surface area (Å²) >= 11 is 0. The fourth-order valence-electron chi connectivity index (χ4n) is 2.85. The molecule has 1 amide bonds. The number of amides is 1. The van der Waals surface area contributed by atoms with E-state index in [1.54, 1.807) is 20.2 Å². The summed E-state index contributed by atoms with van der Waals surface area (Å²) in [5.74, 6) is 1.11. The predicted octanol–water partition coefficient (Wildman–Crippen LogP) is 2.65. The van der Waals surface area contributed by atoms with E-state index in [4.69, 9.17) is 4.52 Å². The van der Waals surface area contributed by atoms with Crippen molar-refractivity contribution in [1.29, 1.82) is 0 Å². The van der Waals surface area contributed by atoms with Crippen LogP contribution in [0.25, 0.3) is 5.82 Å². The Morgan fingerprint density at radius 2 is 1.88 bits per heavy atom. The summed E-state index contributed by atoms with van der Waals surface area (Å²) in [5.41, 5.74) is 3.41. The first-order valence-corrected chi connectivity index (χ1v) is 7.89. The van der Waals surface area contributed by atoms with E-state index < -0.39 is 0 Å². The van der Waals surface area contributed by atoms with E-state index in [9.17, 15) is 9.59 Å². The number of carbonyl (C=O) groups is 1. The lowest BCUT2D eigenvalue weighted by atomic mass is 10.2. The minimum atomic E-state index is -0.235. The first-order valence-electron chi connectivity index (χ1n) is 7.89. The van der Waals surface area contributed by atoms with Crippen LogP contribution in [0.2, 0.25) is 0 Å². The lowest BCUT2D eigenvalue weighted by Crippen LogP contribution is -2.20. The van der Waals surface area contributed by atoms with Gasteiger partial charge in [-0.3, -0.25) is 14.2 Å². The average Bonchev–Trinajstić information content (AvgIpc) is 3.08. The number of carbonyl (C=O) groups excluding carboxylic acids is 1. The van der Waals surface area contributed by atoms with Crippen molar-refractivity contribution in [3.63, 3.8) is 0 Å². The van der Waals surface area contributed by atoms with Crippen LogP contribution >= 0.6 is 0 Å². The molecule has 3 aromatic rings. The number of nitrogens with zero attached hydrogens (tertiary/aromatic N) is 3. The first kappa shape index (κ1) is 16.8. The van der Waals surface area contributed by atoms with E-state index in [1.807, 2.05) is 37.5 Å². The molecule has 130 valence electrons. The Balaban J connectivity index is 1.96. The molecule has 0 saturated heterocycles. The maximum Gasteiger partial charge on any atom is 0.257 e. The summed E-state index contributed by atoms with van der Waals surface area (Å²) in [7, 11) is 1.65. The quantitative estimate of drug-likeness (QED) is 0.795. The van der Waals surface area contributed by atoms with Crippen molar-refractivity contribution in [3.05, 3.63) is 63.0 Å². The van der Waals surface area contributed by atoms with Crippen LogP contribution in [0.4, 0.5) is 5.69 Å². The van der Waals surface area contributed by atoms with E-state index in [1.165, 1.54) is 10.6 Å². The van der Waals surface area contributed by atoms with Crippen LogP contribution < -0.4 is 10.9 Å². The largest absolute Gasteiger partial charge is 0.360 e. The van der Waals surface area contributed by atoms with Crippen molar-refractivity contribution in [2.45, 2.75) is 27.7 Å². The molecule has 0 aliphatic heterocycles. The number of aromatic nitrogens is 3. The third-order valence-electron chi connectivity index (χ3n) is 4.20. The highest BCUT2D eigenvalue weighted by atomic mass is 16.5. The summed E-state index contributed by atoms with van der Waals surface area (Å²) < 4.78 is 8.44. The molecule has 0 unspecified atom stereocenters. The smallest absolute Gasteiger partial charge is 0.257 e. The third kappa shape index (κ3) is 3.00. The Hall–Kier alpha value is -3.09. The number of aryl methyl sites for hydroxylation is 4. The van der Waals surface area contributed by atoms with Crippen LogP contribution in [-0.4, -0.2) is 20.2 Å². The van der Waals surface area contributed by atoms with Crippen LogP contribution in [0, 0.1) is 27.7 Å². The first-order chi connectivity index (χ1) is 11.8. The molecule has 0 radical (unpaired) electrons. The maximum absolute atomic E-state index is 12.7. The second-order valence-corrected chi connectivity index (χ2v) is 6.19. The van der Waals surface area contributed by atoms with Crippen molar-refractivity contribution in [2.24, 2.45) is 7.05 Å². The van der Waals surface area contributed by atoms with E-state index >= 15 is 0 Å². The second-order valence-electron chi connectivity index (χ2n) is 6.19. The molecule has 0 aliphatic rings. The number of nitrogens with one attached hydrogen (secondary N) is 1. The van der Waals surface area contributed by atoms with Crippen LogP contribution in [0.5, 0.6) is 0 Å². The molecular formula is C18H20N4O3. The number of anilines is 1. The lowest BCUT2D eigenvalue weighted by Gasteiger charge is -2.10. The maximum atomic E-state index is 12.7. The number of hydrogen-bond acceptors (Lipinski definition) is 4. The van der Waals surface area contributed by atoms with Crippen LogP contribution in [-0.2, 0) is 7.05 Å². The monoisotopic (exact) mass is 340 g/mol. The van der Waals surface area contributed by atoms with Crippen LogP contribution in [0.3, 0.4) is 0 Å². The Labute approximate surface area is 144 Å². The highest BCUT2D eigenvalue weighted by molar-refractivity contribution is 6.05. The van der Waals surface area contributed by atoms with E-state index in [2.05, 4.69) is 10.5 Å². The summed E-state index contributed by atoms with van der Waals surface area (Å²) in [5, 5.41) is 6.89. The SMILES string of the molecule is Cc1cc(-n2c(C)cc(C(=O)Nc3cn(C)c(=O)cc3C)c2C)no1. The van der Waals surface area contributed by atoms with Crippen molar-refractivity contribution < 1.29 is 9.32 Å². The lowest BCUT2D eigenvalue weighted by molar-refractivity contribution is 0.102. The zero-order valence-corrected chi connectivity index (χ0v) is 14.9. The fraction of sp³-hybridized carbons (Fsp3) is 0.278. The van der Waals surface area contributed by atoms with Gasteiger partial charge in [-0.1, -0.05) is 5.16 Å². The van der Waals surface area contributed by atoms with E-state index in [0.717, 1.165) is 17.0 Å². The zero-order chi connectivity index (χ0) is 18.3. The van der Waals surface area contributed by atoms with Gasteiger partial charge in [0.1, 0.15) is 5.76 Å². The Kier molecular flexibility index (Phi) is 4.08. The van der Waals surface area contributed by atoms with Gasteiger partial charge in [-0.2, -0.15) is 0 Å². The third-order valence-corrected chi connectivity index (χ3v) is 4.20. The normalized spacial score (nSPS) is 10.9. The van der Waals surface area contributed by atoms with Gasteiger partial charge in [0.15, 0.2) is 5.82 Å². The Morgan fingerprint density at radius 3 is 2.52 bits per heavy atom. The molecule has 0 saturated carbocycles. The standard InChI is InChI=1S/C18H20N4O3/c1-10-6-17(23)21(5)9-15(10)19-18(24)14-7-11(2)22(13(14)4)16-8-12(3)25-20-16/h6-9H,1-5H3,(H,19,24). The molecule has 1 N–H and O–H groups in total. The van der Waals surface area contributed by atoms with Crippen molar-refractivity contribution >= 4 is 11.6 Å². The molecule has 25 heavy (non-hydrogen) atoms. The summed E-state index contributed by atoms with van der Waals surface area (Å²) in [6.07, 6.45) is 1.62. The number of hydrogen-bond donors (Lipinski definition) is 1. The predicted molar refractivity (Wildman–Crippen MR) is 94.4 cm³/mol. The molecule has 3 aromatic heterocycles. The fourth-order valence-corrected chi connectivity index (χ4v) is 2.85. The summed E-state index contributed by atoms with van der Waals surface area (Å²) in [4.78, 5) is 24.4. The minimum absolute atomic E-state index is 0.116. The highest BCUT2D eigenvalue weighted by Crippen LogP contribution is 2.22. The summed E-state index contributed by atoms with van der Waals surface area (Å²) in [6, 6.07) is 5.13. The Morgan fingerprint density at radius 1 is 1.16 bits per heavy atom. The second kappa shape index (κ2) is 6.08. The molecular weight excluding hydrogens is 320 g/mol.